The molecule has 1 unspecified atom stereocenters. The first-order valence-electron chi connectivity index (χ1n) is 48.7. The average Bonchev–Trinajstić information content (AvgIpc) is 1.55. The normalized spacial score (nSPS) is 14.4. The van der Waals surface area contributed by atoms with E-state index in [9.17, 15) is 9.59 Å². The fourth-order valence-electron chi connectivity index (χ4n) is 18.2. The Morgan fingerprint density at radius 3 is 1.13 bits per heavy atom. The summed E-state index contributed by atoms with van der Waals surface area (Å²) in [6.07, 6.45) is 51.4. The van der Waals surface area contributed by atoms with Crippen LogP contribution in [0, 0.1) is 17.6 Å². The van der Waals surface area contributed by atoms with Crippen molar-refractivity contribution in [2.45, 2.75) is 333 Å². The maximum atomic E-state index is 17.7. The van der Waals surface area contributed by atoms with E-state index >= 15 is 8.78 Å². The molecule has 4 nitrogen and oxygen atoms in total. The summed E-state index contributed by atoms with van der Waals surface area (Å²) in [7, 11) is 0. The van der Waals surface area contributed by atoms with Crippen LogP contribution in [0.4, 0.5) is 8.78 Å². The number of hydrogen-bond donors (Lipinski definition) is 0. The molecule has 1 atom stereocenters. The predicted octanol–water partition coefficient (Wildman–Crippen LogP) is 39.3. The van der Waals surface area contributed by atoms with Gasteiger partial charge in [0.15, 0.2) is 0 Å². The van der Waals surface area contributed by atoms with Crippen molar-refractivity contribution in [1.82, 2.24) is 9.80 Å². The van der Waals surface area contributed by atoms with Crippen LogP contribution in [0.2, 0.25) is 19.8 Å². The molecule has 2 aromatic carbocycles. The quantitative estimate of drug-likeness (QED) is 0.0164. The number of thiophene rings is 9. The number of carbonyl (C=O) groups is 2. The van der Waals surface area contributed by atoms with E-state index in [0.717, 1.165) is 190 Å². The number of unbranched alkanes of at least 4 members (excludes halogenated alkanes) is 26. The van der Waals surface area contributed by atoms with Crippen LogP contribution in [0.25, 0.3) is 112 Å². The SMILES string of the molecule is CCCCCCCCC(CCCCCC)Cc1sc(-c2c3cc(-c4cc(CCCCCC)c(-c5cc(CCCCCC)c(-c6ccc(/C=C7\SC(=S)N(CCCCCC)C7=O)s6)s5)s4)sc3c(-c3cc(F)[c]([Sn]([CH3])([CH3])[CH3])c(F)c3)c3cc(-c4cc(CCCCCC)c(-c5cc(CCCCCC)c(-c6ccc(/C=C7\SC(=S)N(CCCCCC)C7=O)s6)s5)s4)sc23)cc1Cl. The average molecular weight is 2090 g/mol. The zero-order chi connectivity index (χ0) is 90.4. The van der Waals surface area contributed by atoms with Gasteiger partial charge in [-0.3, -0.25) is 19.4 Å². The second-order valence-electron chi connectivity index (χ2n) is 36.7. The molecule has 2 aliphatic heterocycles. The Morgan fingerprint density at radius 1 is 0.375 bits per heavy atom. The molecule has 128 heavy (non-hydrogen) atoms. The summed E-state index contributed by atoms with van der Waals surface area (Å²) in [6, 6.07) is 29.6. The first kappa shape index (κ1) is 102. The summed E-state index contributed by atoms with van der Waals surface area (Å²) in [5.41, 5.74) is 8.19. The Bertz CT molecular complexity index is 5310. The van der Waals surface area contributed by atoms with E-state index in [0.29, 0.717) is 46.6 Å². The van der Waals surface area contributed by atoms with Crippen molar-refractivity contribution in [3.05, 3.63) is 142 Å². The molecule has 9 aromatic heterocycles. The summed E-state index contributed by atoms with van der Waals surface area (Å²) in [5, 5.41) is 2.97. The topological polar surface area (TPSA) is 40.6 Å². The summed E-state index contributed by atoms with van der Waals surface area (Å²) < 4.78 is 39.2. The molecule has 0 aliphatic carbocycles. The zero-order valence-electron chi connectivity index (χ0n) is 77.8. The van der Waals surface area contributed by atoms with Crippen LogP contribution < -0.4 is 3.58 Å². The molecule has 2 amide bonds. The van der Waals surface area contributed by atoms with Gasteiger partial charge in [0.05, 0.1) is 9.81 Å². The first-order chi connectivity index (χ1) is 62.2. The van der Waals surface area contributed by atoms with Gasteiger partial charge in [-0.05, 0) is 117 Å². The molecule has 21 heteroatoms. The maximum absolute atomic E-state index is 17.7. The number of amides is 2. The minimum absolute atomic E-state index is 0.0270. The van der Waals surface area contributed by atoms with Gasteiger partial charge in [0.25, 0.3) is 11.8 Å². The second-order valence-corrected chi connectivity index (χ2v) is 64.4. The molecule has 0 bridgehead atoms. The van der Waals surface area contributed by atoms with Gasteiger partial charge >= 0.3 is 289 Å². The van der Waals surface area contributed by atoms with Crippen molar-refractivity contribution < 1.29 is 18.4 Å². The molecule has 13 rings (SSSR count). The Labute approximate surface area is 830 Å². The predicted molar refractivity (Wildman–Crippen MR) is 587 cm³/mol. The van der Waals surface area contributed by atoms with E-state index in [1.165, 1.54) is 233 Å². The monoisotopic (exact) mass is 2090 g/mol. The number of benzene rings is 2. The van der Waals surface area contributed by atoms with Crippen molar-refractivity contribution >= 4 is 236 Å². The summed E-state index contributed by atoms with van der Waals surface area (Å²) in [5.74, 6) is -0.276. The number of aryl methyl sites for hydroxylation is 4. The molecule has 2 fully saturated rings. The molecular formula is C107H135ClF2N2O2S13Sn. The molecule has 11 heterocycles. The third-order valence-electron chi connectivity index (χ3n) is 25.3. The number of thioether (sulfide) groups is 2. The van der Waals surface area contributed by atoms with E-state index in [-0.39, 0.29) is 11.8 Å². The van der Waals surface area contributed by atoms with E-state index in [2.05, 4.69) is 149 Å². The third kappa shape index (κ3) is 26.2. The van der Waals surface area contributed by atoms with Crippen LogP contribution in [0.1, 0.15) is 323 Å². The van der Waals surface area contributed by atoms with Crippen LogP contribution in [-0.4, -0.2) is 61.7 Å². The number of carbonyl (C=O) groups excluding carboxylic acids is 2. The van der Waals surface area contributed by atoms with E-state index in [1.54, 1.807) is 46.1 Å². The zero-order valence-corrected chi connectivity index (χ0v) is 92.0. The van der Waals surface area contributed by atoms with E-state index in [4.69, 9.17) is 36.0 Å². The Kier molecular flexibility index (Phi) is 40.2. The van der Waals surface area contributed by atoms with Crippen LogP contribution in [0.15, 0.2) is 88.7 Å². The fraction of sp³-hybridized carbons (Fsp3) is 0.514. The molecule has 2 saturated heterocycles. The van der Waals surface area contributed by atoms with Crippen molar-refractivity contribution in [3.63, 3.8) is 0 Å². The van der Waals surface area contributed by atoms with E-state index < -0.39 is 30.0 Å². The molecular weight excluding hydrogens is 1950 g/mol. The van der Waals surface area contributed by atoms with Crippen molar-refractivity contribution in [2.24, 2.45) is 5.92 Å². The Balaban J connectivity index is 0.979. The second kappa shape index (κ2) is 50.5. The van der Waals surface area contributed by atoms with Crippen LogP contribution in [0.5, 0.6) is 0 Å². The molecule has 688 valence electrons. The van der Waals surface area contributed by atoms with Crippen molar-refractivity contribution in [2.75, 3.05) is 13.1 Å². The van der Waals surface area contributed by atoms with Gasteiger partial charge in [-0.15, -0.1) is 45.3 Å². The van der Waals surface area contributed by atoms with Crippen LogP contribution in [0.3, 0.4) is 0 Å². The molecule has 2 aliphatic rings. The van der Waals surface area contributed by atoms with Gasteiger partial charge in [-0.25, -0.2) is 0 Å². The van der Waals surface area contributed by atoms with Gasteiger partial charge in [-0.2, -0.15) is 0 Å². The van der Waals surface area contributed by atoms with Crippen LogP contribution >= 0.6 is 162 Å². The number of thiocarbonyl (C=S) groups is 2. The number of halogens is 3. The van der Waals surface area contributed by atoms with Crippen LogP contribution in [-0.2, 0) is 41.7 Å². The standard InChI is InChI=1S/C104H126ClF2N2O2S13.3CH3.Sn/c1-9-17-25-33-34-36-44-68(43-35-26-18-10-2)55-83-80(105)67-88(116-83)94-79-66-87(85-59-70(46-38-28-20-12-4)98(118-85)90-61-72(48-40-30-22-14-6)96(122-90)82-52-50-77(115-82)64-92-102(111)109(104(113)124-92)54-42-32-24-16-8)119-99(79)93(73-56-74(106)62-75(107)57-73)78-65-86(120-100(78)94)84-58-69(45-37-27-19-11-3)97(117-84)89-60-71(47-39-29-21-13-5)95(121-89)81-51-49-76(114-81)63-91-101(110)108(103(112)123-91)53-41-31-23-15-7;;;;/h49-52,56-61,63-68H,9-48,53-55H2,1-8H3;3*1H3;/b91-63-,92-64-;;;;. The molecule has 0 N–H and O–H groups in total. The van der Waals surface area contributed by atoms with Gasteiger partial charge in [0.1, 0.15) is 8.64 Å². The third-order valence-corrected chi connectivity index (χ3v) is 45.5. The fourth-order valence-corrected chi connectivity index (χ4v) is 37.0. The Morgan fingerprint density at radius 2 is 0.719 bits per heavy atom. The molecule has 0 spiro atoms. The van der Waals surface area contributed by atoms with Gasteiger partial charge in [-0.1, -0.05) is 296 Å². The van der Waals surface area contributed by atoms with Gasteiger partial charge in [0, 0.05) is 42.4 Å². The summed E-state index contributed by atoms with van der Waals surface area (Å²) in [4.78, 5) is 59.0. The molecule has 0 saturated carbocycles. The Hall–Kier alpha value is -3.49. The number of fused-ring (bicyclic) bond motifs is 2. The summed E-state index contributed by atoms with van der Waals surface area (Å²) >= 11 is 35.8. The number of nitrogens with zero attached hydrogens (tertiary/aromatic N) is 2. The number of hydrogen-bond acceptors (Lipinski definition) is 15. The molecule has 0 radical (unpaired) electrons. The summed E-state index contributed by atoms with van der Waals surface area (Å²) in [6.45, 7) is 19.6. The van der Waals surface area contributed by atoms with Gasteiger partial charge in [0.2, 0.25) is 0 Å². The first-order valence-corrected chi connectivity index (χ1v) is 68.9. The number of rotatable bonds is 55. The van der Waals surface area contributed by atoms with Gasteiger partial charge < -0.3 is 0 Å². The van der Waals surface area contributed by atoms with E-state index in [1.807, 2.05) is 77.8 Å². The van der Waals surface area contributed by atoms with Crippen molar-refractivity contribution in [1.29, 1.82) is 0 Å². The van der Waals surface area contributed by atoms with Crippen molar-refractivity contribution in [3.8, 4) is 80.1 Å². The minimum atomic E-state index is -3.40. The molecule has 11 aromatic rings.